The van der Waals surface area contributed by atoms with Crippen LogP contribution < -0.4 is 4.72 Å². The summed E-state index contributed by atoms with van der Waals surface area (Å²) in [5.74, 6) is 1.79. The SMILES string of the molecule is C#CC(C)NS(=O)(=O)c1ccc(F)cc1C. The Kier molecular flexibility index (Phi) is 3.68. The van der Waals surface area contributed by atoms with Crippen molar-refractivity contribution in [3.05, 3.63) is 29.6 Å². The highest BCUT2D eigenvalue weighted by molar-refractivity contribution is 7.89. The number of hydrogen-bond donors (Lipinski definition) is 1. The van der Waals surface area contributed by atoms with Crippen LogP contribution in [0.5, 0.6) is 0 Å². The van der Waals surface area contributed by atoms with Gasteiger partial charge in [0, 0.05) is 0 Å². The van der Waals surface area contributed by atoms with Crippen molar-refractivity contribution in [1.29, 1.82) is 0 Å². The first-order valence-corrected chi connectivity index (χ1v) is 6.10. The van der Waals surface area contributed by atoms with Crippen molar-refractivity contribution >= 4 is 10.0 Å². The highest BCUT2D eigenvalue weighted by atomic mass is 32.2. The summed E-state index contributed by atoms with van der Waals surface area (Å²) in [5.41, 5.74) is 0.344. The van der Waals surface area contributed by atoms with Gasteiger partial charge in [0.15, 0.2) is 0 Å². The standard InChI is InChI=1S/C11H12FNO2S/c1-4-9(3)13-16(14,15)11-6-5-10(12)7-8(11)2/h1,5-7,9,13H,2-3H3. The van der Waals surface area contributed by atoms with Crippen LogP contribution in [0.2, 0.25) is 0 Å². The van der Waals surface area contributed by atoms with Crippen LogP contribution >= 0.6 is 0 Å². The van der Waals surface area contributed by atoms with Crippen LogP contribution in [-0.2, 0) is 10.0 Å². The molecule has 0 spiro atoms. The van der Waals surface area contributed by atoms with Gasteiger partial charge < -0.3 is 0 Å². The van der Waals surface area contributed by atoms with Gasteiger partial charge in [0.25, 0.3) is 0 Å². The zero-order valence-corrected chi connectivity index (χ0v) is 9.81. The summed E-state index contributed by atoms with van der Waals surface area (Å²) >= 11 is 0. The number of hydrogen-bond acceptors (Lipinski definition) is 2. The predicted molar refractivity (Wildman–Crippen MR) is 59.8 cm³/mol. The van der Waals surface area contributed by atoms with Crippen LogP contribution in [0.25, 0.3) is 0 Å². The van der Waals surface area contributed by atoms with E-state index in [1.807, 2.05) is 0 Å². The third kappa shape index (κ3) is 2.81. The van der Waals surface area contributed by atoms with E-state index in [0.29, 0.717) is 5.56 Å². The zero-order valence-electron chi connectivity index (χ0n) is 8.99. The monoisotopic (exact) mass is 241 g/mol. The first-order chi connectivity index (χ1) is 7.36. The lowest BCUT2D eigenvalue weighted by Crippen LogP contribution is -2.31. The summed E-state index contributed by atoms with van der Waals surface area (Å²) in [4.78, 5) is 0.0380. The van der Waals surface area contributed by atoms with Gasteiger partial charge in [-0.25, -0.2) is 12.8 Å². The maximum absolute atomic E-state index is 12.8. The molecule has 0 radical (unpaired) electrons. The van der Waals surface area contributed by atoms with Crippen LogP contribution in [0.3, 0.4) is 0 Å². The topological polar surface area (TPSA) is 46.2 Å². The maximum Gasteiger partial charge on any atom is 0.241 e. The van der Waals surface area contributed by atoms with Crippen molar-refractivity contribution in [2.45, 2.75) is 24.8 Å². The van der Waals surface area contributed by atoms with Crippen LogP contribution in [0.1, 0.15) is 12.5 Å². The van der Waals surface area contributed by atoms with Crippen LogP contribution in [0.4, 0.5) is 4.39 Å². The van der Waals surface area contributed by atoms with Gasteiger partial charge in [-0.3, -0.25) is 0 Å². The molecular weight excluding hydrogens is 229 g/mol. The molecule has 0 aliphatic carbocycles. The Hall–Kier alpha value is -1.38. The second kappa shape index (κ2) is 4.64. The van der Waals surface area contributed by atoms with Crippen molar-refractivity contribution in [3.63, 3.8) is 0 Å². The van der Waals surface area contributed by atoms with Gasteiger partial charge >= 0.3 is 0 Å². The first-order valence-electron chi connectivity index (χ1n) is 4.61. The van der Waals surface area contributed by atoms with Gasteiger partial charge in [0.1, 0.15) is 5.82 Å². The Balaban J connectivity index is 3.14. The molecule has 0 aromatic heterocycles. The molecule has 0 aliphatic heterocycles. The molecule has 0 amide bonds. The third-order valence-electron chi connectivity index (χ3n) is 2.01. The summed E-state index contributed by atoms with van der Waals surface area (Å²) in [6, 6.07) is 2.88. The molecular formula is C11H12FNO2S. The second-order valence-corrected chi connectivity index (χ2v) is 5.10. The van der Waals surface area contributed by atoms with E-state index in [0.717, 1.165) is 12.1 Å². The van der Waals surface area contributed by atoms with Gasteiger partial charge in [-0.1, -0.05) is 5.92 Å². The smallest absolute Gasteiger partial charge is 0.207 e. The average Bonchev–Trinajstić information content (AvgIpc) is 2.16. The summed E-state index contributed by atoms with van der Waals surface area (Å²) in [7, 11) is -3.68. The molecule has 0 saturated heterocycles. The molecule has 1 unspecified atom stereocenters. The summed E-state index contributed by atoms with van der Waals surface area (Å²) in [6.45, 7) is 3.08. The number of halogens is 1. The average molecular weight is 241 g/mol. The largest absolute Gasteiger partial charge is 0.241 e. The van der Waals surface area contributed by atoms with Gasteiger partial charge in [0.2, 0.25) is 10.0 Å². The summed E-state index contributed by atoms with van der Waals surface area (Å²) < 4.78 is 38.7. The van der Waals surface area contributed by atoms with Gasteiger partial charge in [0.05, 0.1) is 10.9 Å². The van der Waals surface area contributed by atoms with Crippen LogP contribution in [-0.4, -0.2) is 14.5 Å². The van der Waals surface area contributed by atoms with E-state index in [1.54, 1.807) is 6.92 Å². The molecule has 0 saturated carbocycles. The Labute approximate surface area is 94.7 Å². The number of aryl methyl sites for hydroxylation is 1. The molecule has 0 heterocycles. The molecule has 3 nitrogen and oxygen atoms in total. The summed E-state index contributed by atoms with van der Waals surface area (Å²) in [6.07, 6.45) is 5.08. The Morgan fingerprint density at radius 2 is 2.12 bits per heavy atom. The van der Waals surface area contributed by atoms with Crippen molar-refractivity contribution < 1.29 is 12.8 Å². The van der Waals surface area contributed by atoms with Crippen molar-refractivity contribution in [3.8, 4) is 12.3 Å². The van der Waals surface area contributed by atoms with Gasteiger partial charge in [-0.2, -0.15) is 4.72 Å². The molecule has 1 aromatic carbocycles. The fraction of sp³-hybridized carbons (Fsp3) is 0.273. The van der Waals surface area contributed by atoms with Crippen LogP contribution in [0, 0.1) is 25.1 Å². The lowest BCUT2D eigenvalue weighted by atomic mass is 10.2. The molecule has 1 rings (SSSR count). The normalized spacial score (nSPS) is 13.1. The molecule has 0 aliphatic rings. The fourth-order valence-corrected chi connectivity index (χ4v) is 2.64. The lowest BCUT2D eigenvalue weighted by molar-refractivity contribution is 0.576. The van der Waals surface area contributed by atoms with Crippen molar-refractivity contribution in [1.82, 2.24) is 4.72 Å². The predicted octanol–water partition coefficient (Wildman–Crippen LogP) is 1.43. The Bertz CT molecular complexity index is 531. The van der Waals surface area contributed by atoms with E-state index in [-0.39, 0.29) is 4.90 Å². The van der Waals surface area contributed by atoms with Crippen molar-refractivity contribution in [2.24, 2.45) is 0 Å². The Morgan fingerprint density at radius 1 is 1.50 bits per heavy atom. The van der Waals surface area contributed by atoms with E-state index in [2.05, 4.69) is 10.6 Å². The van der Waals surface area contributed by atoms with Crippen molar-refractivity contribution in [2.75, 3.05) is 0 Å². The molecule has 0 fully saturated rings. The van der Waals surface area contributed by atoms with Gasteiger partial charge in [-0.15, -0.1) is 6.42 Å². The fourth-order valence-electron chi connectivity index (χ4n) is 1.24. The van der Waals surface area contributed by atoms with E-state index in [9.17, 15) is 12.8 Å². The van der Waals surface area contributed by atoms with E-state index < -0.39 is 21.9 Å². The molecule has 1 aromatic rings. The number of benzene rings is 1. The third-order valence-corrected chi connectivity index (χ3v) is 3.71. The minimum Gasteiger partial charge on any atom is -0.207 e. The van der Waals surface area contributed by atoms with E-state index in [4.69, 9.17) is 6.42 Å². The number of rotatable bonds is 3. The molecule has 16 heavy (non-hydrogen) atoms. The molecule has 0 bridgehead atoms. The number of nitrogens with one attached hydrogen (secondary N) is 1. The number of sulfonamides is 1. The lowest BCUT2D eigenvalue weighted by Gasteiger charge is -2.10. The molecule has 1 atom stereocenters. The quantitative estimate of drug-likeness (QED) is 0.814. The zero-order chi connectivity index (χ0) is 12.3. The highest BCUT2D eigenvalue weighted by Crippen LogP contribution is 2.16. The maximum atomic E-state index is 12.8. The Morgan fingerprint density at radius 3 is 2.62 bits per heavy atom. The first kappa shape index (κ1) is 12.7. The highest BCUT2D eigenvalue weighted by Gasteiger charge is 2.18. The van der Waals surface area contributed by atoms with E-state index in [1.165, 1.54) is 13.0 Å². The molecule has 1 N–H and O–H groups in total. The summed E-state index contributed by atoms with van der Waals surface area (Å²) in [5, 5.41) is 0. The van der Waals surface area contributed by atoms with Gasteiger partial charge in [-0.05, 0) is 37.6 Å². The second-order valence-electron chi connectivity index (χ2n) is 3.42. The molecule has 5 heteroatoms. The van der Waals surface area contributed by atoms with Crippen LogP contribution in [0.15, 0.2) is 23.1 Å². The minimum absolute atomic E-state index is 0.0380. The number of terminal acetylenes is 1. The minimum atomic E-state index is -3.68. The van der Waals surface area contributed by atoms with E-state index >= 15 is 0 Å². The molecule has 86 valence electrons.